The number of primary amides is 1. The highest BCUT2D eigenvalue weighted by Crippen LogP contribution is 2.28. The molecule has 0 fully saturated rings. The van der Waals surface area contributed by atoms with E-state index in [4.69, 9.17) is 5.73 Å². The lowest BCUT2D eigenvalue weighted by atomic mass is 10.1. The first-order chi connectivity index (χ1) is 11.5. The SMILES string of the molecule is Cc1c(C(N)=O)cc(-c2ccc(F)c(F)c2)n1Cc1ccccc1. The highest BCUT2D eigenvalue weighted by Gasteiger charge is 2.18. The molecule has 0 aliphatic carbocycles. The van der Waals surface area contributed by atoms with Crippen molar-refractivity contribution in [1.82, 2.24) is 4.57 Å². The Morgan fingerprint density at radius 2 is 1.75 bits per heavy atom. The molecule has 1 aromatic heterocycles. The van der Waals surface area contributed by atoms with E-state index in [0.29, 0.717) is 29.1 Å². The Morgan fingerprint density at radius 3 is 2.38 bits per heavy atom. The van der Waals surface area contributed by atoms with Gasteiger partial charge in [0.25, 0.3) is 5.91 Å². The number of hydrogen-bond donors (Lipinski definition) is 1. The third-order valence-corrected chi connectivity index (χ3v) is 4.03. The van der Waals surface area contributed by atoms with Gasteiger partial charge in [0.2, 0.25) is 0 Å². The van der Waals surface area contributed by atoms with Crippen molar-refractivity contribution in [2.24, 2.45) is 5.73 Å². The molecule has 1 heterocycles. The van der Waals surface area contributed by atoms with Gasteiger partial charge in [-0.1, -0.05) is 30.3 Å². The van der Waals surface area contributed by atoms with Crippen molar-refractivity contribution in [3.05, 3.63) is 83.1 Å². The molecule has 0 aliphatic heterocycles. The van der Waals surface area contributed by atoms with Crippen molar-refractivity contribution in [3.63, 3.8) is 0 Å². The molecule has 2 N–H and O–H groups in total. The number of aromatic nitrogens is 1. The summed E-state index contributed by atoms with van der Waals surface area (Å²) in [5.74, 6) is -2.40. The second-order valence-electron chi connectivity index (χ2n) is 5.59. The van der Waals surface area contributed by atoms with E-state index in [0.717, 1.165) is 17.7 Å². The van der Waals surface area contributed by atoms with E-state index in [9.17, 15) is 13.6 Å². The zero-order valence-electron chi connectivity index (χ0n) is 13.1. The first kappa shape index (κ1) is 15.9. The van der Waals surface area contributed by atoms with Gasteiger partial charge in [-0.05, 0) is 36.8 Å². The largest absolute Gasteiger partial charge is 0.366 e. The van der Waals surface area contributed by atoms with E-state index < -0.39 is 17.5 Å². The molecule has 0 saturated heterocycles. The Balaban J connectivity index is 2.15. The van der Waals surface area contributed by atoms with Crippen LogP contribution in [0.2, 0.25) is 0 Å². The van der Waals surface area contributed by atoms with Crippen LogP contribution in [0.25, 0.3) is 11.3 Å². The smallest absolute Gasteiger partial charge is 0.250 e. The Hall–Kier alpha value is -2.95. The second kappa shape index (κ2) is 6.28. The van der Waals surface area contributed by atoms with Crippen LogP contribution in [0.3, 0.4) is 0 Å². The monoisotopic (exact) mass is 326 g/mol. The molecule has 0 spiro atoms. The summed E-state index contributed by atoms with van der Waals surface area (Å²) < 4.78 is 28.7. The average Bonchev–Trinajstić information content (AvgIpc) is 2.88. The molecule has 3 nitrogen and oxygen atoms in total. The Labute approximate surface area is 138 Å². The fourth-order valence-electron chi connectivity index (χ4n) is 2.76. The maximum absolute atomic E-state index is 13.6. The predicted molar refractivity (Wildman–Crippen MR) is 88.6 cm³/mol. The molecule has 2 aromatic carbocycles. The molecule has 3 aromatic rings. The molecule has 0 saturated carbocycles. The predicted octanol–water partition coefficient (Wildman–Crippen LogP) is 3.89. The molecule has 0 unspecified atom stereocenters. The fraction of sp³-hybridized carbons (Fsp3) is 0.105. The molecule has 24 heavy (non-hydrogen) atoms. The van der Waals surface area contributed by atoms with Crippen LogP contribution in [0.4, 0.5) is 8.78 Å². The molecule has 5 heteroatoms. The minimum Gasteiger partial charge on any atom is -0.366 e. The lowest BCUT2D eigenvalue weighted by molar-refractivity contribution is 0.0999. The summed E-state index contributed by atoms with van der Waals surface area (Å²) in [6, 6.07) is 15.0. The summed E-state index contributed by atoms with van der Waals surface area (Å²) in [6.07, 6.45) is 0. The highest BCUT2D eigenvalue weighted by atomic mass is 19.2. The zero-order valence-corrected chi connectivity index (χ0v) is 13.1. The third-order valence-electron chi connectivity index (χ3n) is 4.03. The summed E-state index contributed by atoms with van der Waals surface area (Å²) in [6.45, 7) is 2.28. The van der Waals surface area contributed by atoms with Crippen LogP contribution in [-0.4, -0.2) is 10.5 Å². The van der Waals surface area contributed by atoms with Crippen LogP contribution in [0.15, 0.2) is 54.6 Å². The van der Waals surface area contributed by atoms with E-state index in [1.807, 2.05) is 34.9 Å². The molecule has 0 radical (unpaired) electrons. The van der Waals surface area contributed by atoms with Gasteiger partial charge in [0, 0.05) is 23.5 Å². The Bertz CT molecular complexity index is 901. The first-order valence-electron chi connectivity index (χ1n) is 7.46. The molecule has 1 amide bonds. The van der Waals surface area contributed by atoms with Crippen LogP contribution in [0.1, 0.15) is 21.6 Å². The molecule has 0 bridgehead atoms. The summed E-state index contributed by atoms with van der Waals surface area (Å²) in [7, 11) is 0. The molecule has 3 rings (SSSR count). The molecular formula is C19H16F2N2O. The quantitative estimate of drug-likeness (QED) is 0.777. The van der Waals surface area contributed by atoms with E-state index in [1.54, 1.807) is 13.0 Å². The Morgan fingerprint density at radius 1 is 1.04 bits per heavy atom. The summed E-state index contributed by atoms with van der Waals surface area (Å²) in [5.41, 5.74) is 8.61. The number of hydrogen-bond acceptors (Lipinski definition) is 1. The van der Waals surface area contributed by atoms with Crippen molar-refractivity contribution in [2.45, 2.75) is 13.5 Å². The molecular weight excluding hydrogens is 310 g/mol. The van der Waals surface area contributed by atoms with Crippen LogP contribution in [0, 0.1) is 18.6 Å². The normalized spacial score (nSPS) is 10.8. The number of carbonyl (C=O) groups excluding carboxylic acids is 1. The number of amides is 1. The van der Waals surface area contributed by atoms with E-state index in [2.05, 4.69) is 0 Å². The lowest BCUT2D eigenvalue weighted by Gasteiger charge is -2.12. The number of nitrogens with two attached hydrogens (primary N) is 1. The topological polar surface area (TPSA) is 48.0 Å². The van der Waals surface area contributed by atoms with Gasteiger partial charge >= 0.3 is 0 Å². The van der Waals surface area contributed by atoms with Crippen LogP contribution in [-0.2, 0) is 6.54 Å². The molecule has 0 atom stereocenters. The van der Waals surface area contributed by atoms with Gasteiger partial charge in [-0.25, -0.2) is 8.78 Å². The Kier molecular flexibility index (Phi) is 4.16. The average molecular weight is 326 g/mol. The molecule has 122 valence electrons. The number of nitrogens with zero attached hydrogens (tertiary/aromatic N) is 1. The number of benzene rings is 2. The van der Waals surface area contributed by atoms with Gasteiger partial charge in [-0.3, -0.25) is 4.79 Å². The van der Waals surface area contributed by atoms with Crippen molar-refractivity contribution >= 4 is 5.91 Å². The van der Waals surface area contributed by atoms with Crippen LogP contribution < -0.4 is 5.73 Å². The van der Waals surface area contributed by atoms with Crippen molar-refractivity contribution in [3.8, 4) is 11.3 Å². The van der Waals surface area contributed by atoms with Crippen molar-refractivity contribution < 1.29 is 13.6 Å². The summed E-state index contributed by atoms with van der Waals surface area (Å²) in [5, 5.41) is 0. The zero-order chi connectivity index (χ0) is 17.3. The van der Waals surface area contributed by atoms with Gasteiger partial charge in [0.05, 0.1) is 5.56 Å². The van der Waals surface area contributed by atoms with Gasteiger partial charge in [0.1, 0.15) is 0 Å². The van der Waals surface area contributed by atoms with Gasteiger partial charge < -0.3 is 10.3 Å². The molecule has 0 aliphatic rings. The third kappa shape index (κ3) is 2.93. The summed E-state index contributed by atoms with van der Waals surface area (Å²) >= 11 is 0. The van der Waals surface area contributed by atoms with Crippen LogP contribution in [0.5, 0.6) is 0 Å². The van der Waals surface area contributed by atoms with Crippen molar-refractivity contribution in [2.75, 3.05) is 0 Å². The highest BCUT2D eigenvalue weighted by molar-refractivity contribution is 5.95. The van der Waals surface area contributed by atoms with Gasteiger partial charge in [0.15, 0.2) is 11.6 Å². The minimum absolute atomic E-state index is 0.366. The lowest BCUT2D eigenvalue weighted by Crippen LogP contribution is -2.12. The fourth-order valence-corrected chi connectivity index (χ4v) is 2.76. The van der Waals surface area contributed by atoms with Gasteiger partial charge in [-0.15, -0.1) is 0 Å². The maximum atomic E-state index is 13.6. The number of rotatable bonds is 4. The van der Waals surface area contributed by atoms with Gasteiger partial charge in [-0.2, -0.15) is 0 Å². The van der Waals surface area contributed by atoms with Crippen LogP contribution >= 0.6 is 0 Å². The standard InChI is InChI=1S/C19H16F2N2O/c1-12-15(19(22)24)10-18(14-7-8-16(20)17(21)9-14)23(12)11-13-5-3-2-4-6-13/h2-10H,11H2,1H3,(H2,22,24). The maximum Gasteiger partial charge on any atom is 0.250 e. The van der Waals surface area contributed by atoms with E-state index >= 15 is 0 Å². The second-order valence-corrected chi connectivity index (χ2v) is 5.59. The number of carbonyl (C=O) groups is 1. The van der Waals surface area contributed by atoms with Crippen molar-refractivity contribution in [1.29, 1.82) is 0 Å². The van der Waals surface area contributed by atoms with E-state index in [1.165, 1.54) is 6.07 Å². The van der Waals surface area contributed by atoms with E-state index in [-0.39, 0.29) is 0 Å². The minimum atomic E-state index is -0.932. The number of halogens is 2. The summed E-state index contributed by atoms with van der Waals surface area (Å²) in [4.78, 5) is 11.7. The first-order valence-corrected chi connectivity index (χ1v) is 7.46.